The maximum atomic E-state index is 11.3. The predicted molar refractivity (Wildman–Crippen MR) is 47.9 cm³/mol. The van der Waals surface area contributed by atoms with Gasteiger partial charge in [-0.1, -0.05) is 0 Å². The number of nitrogens with zero attached hydrogens (tertiary/aromatic N) is 2. The van der Waals surface area contributed by atoms with Crippen LogP contribution >= 0.6 is 0 Å². The van der Waals surface area contributed by atoms with Crippen molar-refractivity contribution in [3.63, 3.8) is 0 Å². The predicted octanol–water partition coefficient (Wildman–Crippen LogP) is -1.37. The van der Waals surface area contributed by atoms with Crippen molar-refractivity contribution in [2.24, 2.45) is 5.73 Å². The van der Waals surface area contributed by atoms with Crippen molar-refractivity contribution in [2.45, 2.75) is 12.5 Å². The molecule has 1 fully saturated rings. The Kier molecular flexibility index (Phi) is 3.00. The standard InChI is InChI=1S/C8H15N3O2/c1-10(2)3-4-11-7(12)5-6(9)8(11)13/h6H,3-5,9H2,1-2H3/t6-/m0/s1. The van der Waals surface area contributed by atoms with Crippen molar-refractivity contribution in [1.82, 2.24) is 9.80 Å². The minimum atomic E-state index is -0.616. The molecule has 1 aliphatic heterocycles. The van der Waals surface area contributed by atoms with Crippen LogP contribution in [0.4, 0.5) is 0 Å². The number of nitrogens with two attached hydrogens (primary N) is 1. The Morgan fingerprint density at radius 3 is 2.54 bits per heavy atom. The van der Waals surface area contributed by atoms with Gasteiger partial charge in [-0.15, -0.1) is 0 Å². The third-order valence-electron chi connectivity index (χ3n) is 2.05. The van der Waals surface area contributed by atoms with Gasteiger partial charge in [0, 0.05) is 13.1 Å². The molecular weight excluding hydrogens is 170 g/mol. The van der Waals surface area contributed by atoms with Crippen LogP contribution < -0.4 is 5.73 Å². The molecule has 0 radical (unpaired) electrons. The van der Waals surface area contributed by atoms with Crippen LogP contribution in [-0.2, 0) is 9.59 Å². The van der Waals surface area contributed by atoms with Crippen molar-refractivity contribution in [2.75, 3.05) is 27.2 Å². The van der Waals surface area contributed by atoms with Gasteiger partial charge < -0.3 is 10.6 Å². The molecule has 2 amide bonds. The van der Waals surface area contributed by atoms with Crippen molar-refractivity contribution in [3.8, 4) is 0 Å². The molecule has 0 unspecified atom stereocenters. The molecule has 1 rings (SSSR count). The lowest BCUT2D eigenvalue weighted by Gasteiger charge is -2.16. The Bertz CT molecular complexity index is 227. The molecule has 0 aliphatic carbocycles. The summed E-state index contributed by atoms with van der Waals surface area (Å²) in [6.45, 7) is 1.13. The minimum absolute atomic E-state index is 0.153. The molecular formula is C8H15N3O2. The summed E-state index contributed by atoms with van der Waals surface area (Å²) in [4.78, 5) is 25.7. The fourth-order valence-corrected chi connectivity index (χ4v) is 1.24. The first-order valence-corrected chi connectivity index (χ1v) is 4.27. The second-order valence-electron chi connectivity index (χ2n) is 3.50. The van der Waals surface area contributed by atoms with E-state index in [9.17, 15) is 9.59 Å². The molecule has 0 bridgehead atoms. The first kappa shape index (κ1) is 10.1. The van der Waals surface area contributed by atoms with E-state index in [4.69, 9.17) is 5.73 Å². The van der Waals surface area contributed by atoms with Crippen molar-refractivity contribution < 1.29 is 9.59 Å². The lowest BCUT2D eigenvalue weighted by atomic mass is 10.3. The summed E-state index contributed by atoms with van der Waals surface area (Å²) in [5.74, 6) is -0.397. The number of likely N-dealkylation sites (N-methyl/N-ethyl adjacent to an activating group) is 1. The molecule has 0 aromatic heterocycles. The van der Waals surface area contributed by atoms with Gasteiger partial charge in [0.1, 0.15) is 0 Å². The van der Waals surface area contributed by atoms with Crippen LogP contribution in [0.2, 0.25) is 0 Å². The second kappa shape index (κ2) is 3.85. The van der Waals surface area contributed by atoms with Crippen LogP contribution in [0.25, 0.3) is 0 Å². The molecule has 74 valence electrons. The van der Waals surface area contributed by atoms with Gasteiger partial charge in [-0.25, -0.2) is 0 Å². The molecule has 0 spiro atoms. The number of carbonyl (C=O) groups is 2. The van der Waals surface area contributed by atoms with Gasteiger partial charge in [-0.3, -0.25) is 14.5 Å². The van der Waals surface area contributed by atoms with Crippen LogP contribution in [0.3, 0.4) is 0 Å². The van der Waals surface area contributed by atoms with E-state index in [2.05, 4.69) is 0 Å². The lowest BCUT2D eigenvalue weighted by molar-refractivity contribution is -0.138. The smallest absolute Gasteiger partial charge is 0.246 e. The zero-order valence-electron chi connectivity index (χ0n) is 7.99. The number of likely N-dealkylation sites (tertiary alicyclic amines) is 1. The van der Waals surface area contributed by atoms with Crippen molar-refractivity contribution in [1.29, 1.82) is 0 Å². The maximum Gasteiger partial charge on any atom is 0.246 e. The third-order valence-corrected chi connectivity index (χ3v) is 2.05. The average Bonchev–Trinajstić information content (AvgIpc) is 2.24. The Morgan fingerprint density at radius 2 is 2.15 bits per heavy atom. The molecule has 5 heteroatoms. The molecule has 13 heavy (non-hydrogen) atoms. The first-order chi connectivity index (χ1) is 6.02. The average molecular weight is 185 g/mol. The van der Waals surface area contributed by atoms with E-state index in [1.165, 1.54) is 4.90 Å². The van der Waals surface area contributed by atoms with Crippen LogP contribution in [-0.4, -0.2) is 54.8 Å². The van der Waals surface area contributed by atoms with Crippen LogP contribution in [0, 0.1) is 0 Å². The highest BCUT2D eigenvalue weighted by molar-refractivity contribution is 6.05. The Labute approximate surface area is 77.5 Å². The zero-order chi connectivity index (χ0) is 10.0. The summed E-state index contributed by atoms with van der Waals surface area (Å²) >= 11 is 0. The SMILES string of the molecule is CN(C)CCN1C(=O)C[C@H](N)C1=O. The summed E-state index contributed by atoms with van der Waals surface area (Å²) in [5, 5.41) is 0. The Hall–Kier alpha value is -0.940. The van der Waals surface area contributed by atoms with Crippen molar-refractivity contribution >= 4 is 11.8 Å². The molecule has 5 nitrogen and oxygen atoms in total. The lowest BCUT2D eigenvalue weighted by Crippen LogP contribution is -2.39. The van der Waals surface area contributed by atoms with Gasteiger partial charge in [0.2, 0.25) is 11.8 Å². The maximum absolute atomic E-state index is 11.3. The van der Waals surface area contributed by atoms with Crippen LogP contribution in [0.1, 0.15) is 6.42 Å². The monoisotopic (exact) mass is 185 g/mol. The quantitative estimate of drug-likeness (QED) is 0.551. The third kappa shape index (κ3) is 2.26. The van der Waals surface area contributed by atoms with E-state index in [1.54, 1.807) is 0 Å². The van der Waals surface area contributed by atoms with Gasteiger partial charge in [-0.2, -0.15) is 0 Å². The minimum Gasteiger partial charge on any atom is -0.319 e. The Morgan fingerprint density at radius 1 is 1.54 bits per heavy atom. The first-order valence-electron chi connectivity index (χ1n) is 4.27. The van der Waals surface area contributed by atoms with Gasteiger partial charge in [0.05, 0.1) is 12.5 Å². The van der Waals surface area contributed by atoms with E-state index < -0.39 is 6.04 Å². The summed E-state index contributed by atoms with van der Waals surface area (Å²) in [5.41, 5.74) is 5.44. The molecule has 0 saturated carbocycles. The highest BCUT2D eigenvalue weighted by Crippen LogP contribution is 2.10. The van der Waals surface area contributed by atoms with E-state index in [0.717, 1.165) is 0 Å². The van der Waals surface area contributed by atoms with Crippen LogP contribution in [0.15, 0.2) is 0 Å². The molecule has 0 aromatic rings. The summed E-state index contributed by atoms with van der Waals surface area (Å²) in [6.07, 6.45) is 0.159. The summed E-state index contributed by atoms with van der Waals surface area (Å²) < 4.78 is 0. The van der Waals surface area contributed by atoms with Gasteiger partial charge >= 0.3 is 0 Å². The van der Waals surface area contributed by atoms with Crippen LogP contribution in [0.5, 0.6) is 0 Å². The van der Waals surface area contributed by atoms with E-state index >= 15 is 0 Å². The molecule has 1 aliphatic rings. The summed E-state index contributed by atoms with van der Waals surface area (Å²) in [6, 6.07) is -0.616. The molecule has 0 aromatic carbocycles. The fourth-order valence-electron chi connectivity index (χ4n) is 1.24. The molecule has 1 atom stereocenters. The summed E-state index contributed by atoms with van der Waals surface area (Å²) in [7, 11) is 3.79. The number of hydrogen-bond acceptors (Lipinski definition) is 4. The number of amides is 2. The largest absolute Gasteiger partial charge is 0.319 e. The van der Waals surface area contributed by atoms with Gasteiger partial charge in [0.25, 0.3) is 0 Å². The fraction of sp³-hybridized carbons (Fsp3) is 0.750. The topological polar surface area (TPSA) is 66.6 Å². The Balaban J connectivity index is 2.49. The molecule has 2 N–H and O–H groups in total. The van der Waals surface area contributed by atoms with E-state index in [-0.39, 0.29) is 18.2 Å². The molecule has 1 saturated heterocycles. The number of hydrogen-bond donors (Lipinski definition) is 1. The number of carbonyl (C=O) groups excluding carboxylic acids is 2. The van der Waals surface area contributed by atoms with Gasteiger partial charge in [0.15, 0.2) is 0 Å². The second-order valence-corrected chi connectivity index (χ2v) is 3.50. The van der Waals surface area contributed by atoms with Gasteiger partial charge in [-0.05, 0) is 14.1 Å². The normalized spacial score (nSPS) is 23.4. The number of rotatable bonds is 3. The van der Waals surface area contributed by atoms with Crippen molar-refractivity contribution in [3.05, 3.63) is 0 Å². The highest BCUT2D eigenvalue weighted by Gasteiger charge is 2.35. The van der Waals surface area contributed by atoms with E-state index in [0.29, 0.717) is 13.1 Å². The zero-order valence-corrected chi connectivity index (χ0v) is 7.99. The highest BCUT2D eigenvalue weighted by atomic mass is 16.2. The number of imide groups is 1. The molecule has 1 heterocycles. The van der Waals surface area contributed by atoms with E-state index in [1.807, 2.05) is 19.0 Å².